The summed E-state index contributed by atoms with van der Waals surface area (Å²) < 4.78 is 1.20. The van der Waals surface area contributed by atoms with Gasteiger partial charge in [0.15, 0.2) is 0 Å². The van der Waals surface area contributed by atoms with Crippen LogP contribution in [0.1, 0.15) is 32.6 Å². The summed E-state index contributed by atoms with van der Waals surface area (Å²) in [6.45, 7) is 2.01. The number of nitrogens with zero attached hydrogens (tertiary/aromatic N) is 4. The van der Waals surface area contributed by atoms with Crippen molar-refractivity contribution in [3.05, 3.63) is 16.4 Å². The number of nitro groups is 1. The van der Waals surface area contributed by atoms with Crippen molar-refractivity contribution < 1.29 is 9.72 Å². The summed E-state index contributed by atoms with van der Waals surface area (Å²) >= 11 is 0. The summed E-state index contributed by atoms with van der Waals surface area (Å²) in [5.74, 6) is 1.50. The zero-order valence-electron chi connectivity index (χ0n) is 11.9. The van der Waals surface area contributed by atoms with Crippen molar-refractivity contribution in [2.75, 3.05) is 0 Å². The second-order valence-corrected chi connectivity index (χ2v) is 6.19. The lowest BCUT2D eigenvalue weighted by Gasteiger charge is -2.28. The molecule has 2 aliphatic rings. The van der Waals surface area contributed by atoms with Crippen molar-refractivity contribution in [3.8, 4) is 0 Å². The van der Waals surface area contributed by atoms with E-state index in [0.717, 1.165) is 11.8 Å². The van der Waals surface area contributed by atoms with E-state index < -0.39 is 10.9 Å². The van der Waals surface area contributed by atoms with E-state index in [-0.39, 0.29) is 18.5 Å². The van der Waals surface area contributed by atoms with Gasteiger partial charge in [-0.25, -0.2) is 0 Å². The molecule has 1 amide bonds. The Bertz CT molecular complexity index is 558. The number of rotatable bonds is 5. The molecule has 114 valence electrons. The van der Waals surface area contributed by atoms with Gasteiger partial charge in [-0.15, -0.1) is 0 Å². The molecule has 0 aromatic carbocycles. The van der Waals surface area contributed by atoms with Crippen molar-refractivity contribution in [3.63, 3.8) is 0 Å². The van der Waals surface area contributed by atoms with Gasteiger partial charge in [0.1, 0.15) is 6.54 Å². The highest BCUT2D eigenvalue weighted by molar-refractivity contribution is 5.75. The molecule has 1 heterocycles. The first-order chi connectivity index (χ1) is 10.0. The predicted octanol–water partition coefficient (Wildman–Crippen LogP) is 1.13. The van der Waals surface area contributed by atoms with E-state index in [1.807, 2.05) is 6.92 Å². The van der Waals surface area contributed by atoms with E-state index >= 15 is 0 Å². The summed E-state index contributed by atoms with van der Waals surface area (Å²) in [6, 6.07) is 0.145. The number of carbonyl (C=O) groups excluding carboxylic acids is 1. The zero-order chi connectivity index (χ0) is 15.0. The average molecular weight is 293 g/mol. The first-order valence-electron chi connectivity index (χ1n) is 7.36. The van der Waals surface area contributed by atoms with Crippen LogP contribution in [0.15, 0.2) is 6.33 Å². The molecule has 8 nitrogen and oxygen atoms in total. The van der Waals surface area contributed by atoms with E-state index in [1.54, 1.807) is 0 Å². The van der Waals surface area contributed by atoms with E-state index in [1.165, 1.54) is 36.7 Å². The first-order valence-corrected chi connectivity index (χ1v) is 7.36. The van der Waals surface area contributed by atoms with Crippen LogP contribution in [-0.4, -0.2) is 31.6 Å². The Morgan fingerprint density at radius 2 is 2.38 bits per heavy atom. The molecule has 1 aromatic rings. The van der Waals surface area contributed by atoms with Crippen molar-refractivity contribution in [1.82, 2.24) is 20.1 Å². The Labute approximate surface area is 122 Å². The minimum Gasteiger partial charge on any atom is -0.390 e. The third kappa shape index (κ3) is 2.88. The molecule has 1 aromatic heterocycles. The molecule has 2 fully saturated rings. The molecule has 2 aliphatic carbocycles. The lowest BCUT2D eigenvalue weighted by Crippen LogP contribution is -2.41. The van der Waals surface area contributed by atoms with Gasteiger partial charge in [0.05, 0.1) is 0 Å². The van der Waals surface area contributed by atoms with E-state index in [9.17, 15) is 14.9 Å². The number of fused-ring (bicyclic) bond motifs is 2. The number of nitrogens with one attached hydrogen (secondary N) is 1. The van der Waals surface area contributed by atoms with Gasteiger partial charge in [-0.05, 0) is 48.9 Å². The van der Waals surface area contributed by atoms with Crippen LogP contribution in [0.5, 0.6) is 0 Å². The van der Waals surface area contributed by atoms with Gasteiger partial charge in [-0.1, -0.05) is 11.4 Å². The van der Waals surface area contributed by atoms with Gasteiger partial charge in [-0.2, -0.15) is 4.68 Å². The summed E-state index contributed by atoms with van der Waals surface area (Å²) in [6.07, 6.45) is 6.34. The summed E-state index contributed by atoms with van der Waals surface area (Å²) in [5.41, 5.74) is 0. The van der Waals surface area contributed by atoms with Gasteiger partial charge >= 0.3 is 5.95 Å². The fraction of sp³-hybridized carbons (Fsp3) is 0.769. The van der Waals surface area contributed by atoms with Crippen molar-refractivity contribution >= 4 is 11.9 Å². The maximum absolute atomic E-state index is 12.0. The van der Waals surface area contributed by atoms with E-state index in [0.29, 0.717) is 5.92 Å². The Hall–Kier alpha value is -1.99. The molecule has 2 bridgehead atoms. The van der Waals surface area contributed by atoms with Crippen LogP contribution in [0.4, 0.5) is 5.95 Å². The van der Waals surface area contributed by atoms with Gasteiger partial charge in [0, 0.05) is 11.1 Å². The van der Waals surface area contributed by atoms with Crippen LogP contribution < -0.4 is 5.32 Å². The predicted molar refractivity (Wildman–Crippen MR) is 73.2 cm³/mol. The Balaban J connectivity index is 1.52. The van der Waals surface area contributed by atoms with Crippen molar-refractivity contribution in [1.29, 1.82) is 0 Å². The lowest BCUT2D eigenvalue weighted by atomic mass is 9.84. The molecular formula is C13H19N5O3. The lowest BCUT2D eigenvalue weighted by molar-refractivity contribution is -0.394. The SMILES string of the molecule is CC(NC(=O)Cn1cnc([N+](=O)[O-])n1)C1CC2CCC1C2. The highest BCUT2D eigenvalue weighted by Gasteiger charge is 2.42. The summed E-state index contributed by atoms with van der Waals surface area (Å²) in [7, 11) is 0. The molecular weight excluding hydrogens is 274 g/mol. The summed E-state index contributed by atoms with van der Waals surface area (Å²) in [5, 5.41) is 17.1. The monoisotopic (exact) mass is 293 g/mol. The van der Waals surface area contributed by atoms with Crippen LogP contribution in [0.25, 0.3) is 0 Å². The second-order valence-electron chi connectivity index (χ2n) is 6.19. The number of amides is 1. The topological polar surface area (TPSA) is 103 Å². The van der Waals surface area contributed by atoms with Crippen LogP contribution in [0.2, 0.25) is 0 Å². The molecule has 0 saturated heterocycles. The van der Waals surface area contributed by atoms with Gasteiger partial charge in [-0.3, -0.25) is 4.79 Å². The first kappa shape index (κ1) is 14.0. The maximum Gasteiger partial charge on any atom is 0.490 e. The highest BCUT2D eigenvalue weighted by atomic mass is 16.6. The molecule has 0 spiro atoms. The number of hydrogen-bond donors (Lipinski definition) is 1. The second kappa shape index (κ2) is 5.42. The number of aromatic nitrogens is 3. The highest BCUT2D eigenvalue weighted by Crippen LogP contribution is 2.49. The molecule has 4 atom stereocenters. The van der Waals surface area contributed by atoms with E-state index in [2.05, 4.69) is 15.4 Å². The van der Waals surface area contributed by atoms with Crippen molar-refractivity contribution in [2.24, 2.45) is 17.8 Å². The molecule has 0 radical (unpaired) electrons. The summed E-state index contributed by atoms with van der Waals surface area (Å²) in [4.78, 5) is 25.3. The standard InChI is InChI=1S/C13H19N5O3/c1-8(11-5-9-2-3-10(11)4-9)15-12(19)6-17-7-14-13(16-17)18(20)21/h7-11H,2-6H2,1H3,(H,15,19). The Morgan fingerprint density at radius 3 is 2.95 bits per heavy atom. The number of hydrogen-bond acceptors (Lipinski definition) is 5. The molecule has 3 rings (SSSR count). The van der Waals surface area contributed by atoms with Crippen molar-refractivity contribution in [2.45, 2.75) is 45.2 Å². The third-order valence-electron chi connectivity index (χ3n) is 4.82. The smallest absolute Gasteiger partial charge is 0.390 e. The molecule has 0 aliphatic heterocycles. The van der Waals surface area contributed by atoms with Gasteiger partial charge in [0.2, 0.25) is 12.2 Å². The van der Waals surface area contributed by atoms with Crippen LogP contribution in [0, 0.1) is 27.9 Å². The maximum atomic E-state index is 12.0. The number of carbonyl (C=O) groups is 1. The average Bonchev–Trinajstić information content (AvgIpc) is 3.13. The fourth-order valence-electron chi connectivity index (χ4n) is 3.90. The molecule has 4 unspecified atom stereocenters. The minimum absolute atomic E-state index is 0.0357. The normalized spacial score (nSPS) is 28.5. The third-order valence-corrected chi connectivity index (χ3v) is 4.82. The van der Waals surface area contributed by atoms with E-state index in [4.69, 9.17) is 0 Å². The van der Waals surface area contributed by atoms with Crippen LogP contribution in [0.3, 0.4) is 0 Å². The minimum atomic E-state index is -0.674. The van der Waals surface area contributed by atoms with Gasteiger partial charge in [0.25, 0.3) is 0 Å². The Kier molecular flexibility index (Phi) is 3.60. The van der Waals surface area contributed by atoms with Gasteiger partial charge < -0.3 is 15.4 Å². The molecule has 2 saturated carbocycles. The zero-order valence-corrected chi connectivity index (χ0v) is 11.9. The molecule has 1 N–H and O–H groups in total. The van der Waals surface area contributed by atoms with Crippen LogP contribution in [-0.2, 0) is 11.3 Å². The largest absolute Gasteiger partial charge is 0.490 e. The van der Waals surface area contributed by atoms with Crippen LogP contribution >= 0.6 is 0 Å². The molecule has 21 heavy (non-hydrogen) atoms. The quantitative estimate of drug-likeness (QED) is 0.647. The Morgan fingerprint density at radius 1 is 1.57 bits per heavy atom. The molecule has 8 heteroatoms. The fourth-order valence-corrected chi connectivity index (χ4v) is 3.90.